The van der Waals surface area contributed by atoms with Gasteiger partial charge in [0, 0.05) is 29.0 Å². The second-order valence-corrected chi connectivity index (χ2v) is 7.80. The number of nitrogens with zero attached hydrogens (tertiary/aromatic N) is 1. The number of ether oxygens (including phenoxy) is 4. The van der Waals surface area contributed by atoms with Gasteiger partial charge >= 0.3 is 6.03 Å². The van der Waals surface area contributed by atoms with Crippen molar-refractivity contribution < 1.29 is 23.7 Å². The van der Waals surface area contributed by atoms with Crippen molar-refractivity contribution in [1.29, 1.82) is 0 Å². The Bertz CT molecular complexity index is 1370. The Morgan fingerprint density at radius 3 is 2.14 bits per heavy atom. The van der Waals surface area contributed by atoms with Crippen molar-refractivity contribution in [2.24, 2.45) is 0 Å². The first-order valence-electron chi connectivity index (χ1n) is 10.9. The minimum atomic E-state index is -0.340. The van der Waals surface area contributed by atoms with Crippen molar-refractivity contribution in [2.45, 2.75) is 13.8 Å². The molecule has 0 aliphatic heterocycles. The molecular formula is C27H27N3O5. The molecule has 0 aliphatic rings. The summed E-state index contributed by atoms with van der Waals surface area (Å²) in [6.07, 6.45) is 1.69. The molecule has 0 spiro atoms. The van der Waals surface area contributed by atoms with Crippen LogP contribution in [0.25, 0.3) is 10.9 Å². The normalized spacial score (nSPS) is 10.5. The summed E-state index contributed by atoms with van der Waals surface area (Å²) < 4.78 is 22.2. The second-order valence-electron chi connectivity index (χ2n) is 7.80. The highest BCUT2D eigenvalue weighted by atomic mass is 16.5. The number of pyridine rings is 1. The molecule has 4 aromatic rings. The zero-order chi connectivity index (χ0) is 24.9. The molecule has 1 aromatic heterocycles. The molecule has 2 N–H and O–H groups in total. The van der Waals surface area contributed by atoms with E-state index >= 15 is 0 Å². The summed E-state index contributed by atoms with van der Waals surface area (Å²) in [4.78, 5) is 16.9. The molecule has 0 atom stereocenters. The molecule has 1 heterocycles. The largest absolute Gasteiger partial charge is 0.497 e. The van der Waals surface area contributed by atoms with Crippen LogP contribution < -0.4 is 29.6 Å². The second kappa shape index (κ2) is 10.2. The summed E-state index contributed by atoms with van der Waals surface area (Å²) in [5.74, 6) is 3.22. The van der Waals surface area contributed by atoms with Gasteiger partial charge in [-0.15, -0.1) is 0 Å². The van der Waals surface area contributed by atoms with Crippen LogP contribution in [0.2, 0.25) is 0 Å². The minimum absolute atomic E-state index is 0.340. The number of carbonyl (C=O) groups is 1. The smallest absolute Gasteiger partial charge is 0.323 e. The lowest BCUT2D eigenvalue weighted by molar-refractivity contribution is 0.262. The molecule has 0 saturated carbocycles. The molecule has 4 rings (SSSR count). The molecule has 0 fully saturated rings. The highest BCUT2D eigenvalue weighted by molar-refractivity contribution is 6.00. The number of methoxy groups -OCH3 is 3. The Hall–Kier alpha value is -4.46. The Kier molecular flexibility index (Phi) is 6.91. The fourth-order valence-corrected chi connectivity index (χ4v) is 3.66. The van der Waals surface area contributed by atoms with E-state index in [0.29, 0.717) is 34.4 Å². The fourth-order valence-electron chi connectivity index (χ4n) is 3.66. The van der Waals surface area contributed by atoms with Gasteiger partial charge in [0.15, 0.2) is 11.5 Å². The number of aromatic nitrogens is 1. The Labute approximate surface area is 203 Å². The number of anilines is 2. The molecule has 180 valence electrons. The third-order valence-electron chi connectivity index (χ3n) is 5.76. The zero-order valence-electron chi connectivity index (χ0n) is 20.3. The van der Waals surface area contributed by atoms with Gasteiger partial charge in [-0.1, -0.05) is 0 Å². The number of hydrogen-bond acceptors (Lipinski definition) is 6. The van der Waals surface area contributed by atoms with Crippen LogP contribution >= 0.6 is 0 Å². The summed E-state index contributed by atoms with van der Waals surface area (Å²) in [5.41, 5.74) is 3.87. The van der Waals surface area contributed by atoms with Crippen LogP contribution in [0.1, 0.15) is 11.1 Å². The van der Waals surface area contributed by atoms with E-state index in [1.165, 1.54) is 0 Å². The van der Waals surface area contributed by atoms with E-state index in [4.69, 9.17) is 18.9 Å². The summed E-state index contributed by atoms with van der Waals surface area (Å²) in [6.45, 7) is 3.88. The van der Waals surface area contributed by atoms with E-state index in [-0.39, 0.29) is 6.03 Å². The zero-order valence-corrected chi connectivity index (χ0v) is 20.3. The van der Waals surface area contributed by atoms with Gasteiger partial charge in [-0.25, -0.2) is 4.79 Å². The van der Waals surface area contributed by atoms with Crippen molar-refractivity contribution in [3.05, 3.63) is 71.9 Å². The maximum atomic E-state index is 12.5. The summed E-state index contributed by atoms with van der Waals surface area (Å²) in [7, 11) is 4.77. The number of urea groups is 1. The Balaban J connectivity index is 1.55. The molecule has 0 saturated heterocycles. The first kappa shape index (κ1) is 23.7. The van der Waals surface area contributed by atoms with Gasteiger partial charge < -0.3 is 29.6 Å². The van der Waals surface area contributed by atoms with Crippen LogP contribution in [0, 0.1) is 13.8 Å². The quantitative estimate of drug-likeness (QED) is 0.327. The van der Waals surface area contributed by atoms with Gasteiger partial charge in [0.05, 0.1) is 26.8 Å². The maximum absolute atomic E-state index is 12.5. The van der Waals surface area contributed by atoms with Crippen molar-refractivity contribution in [2.75, 3.05) is 32.0 Å². The van der Waals surface area contributed by atoms with Gasteiger partial charge in [0.2, 0.25) is 0 Å². The molecule has 35 heavy (non-hydrogen) atoms. The lowest BCUT2D eigenvalue weighted by Crippen LogP contribution is -2.20. The van der Waals surface area contributed by atoms with E-state index in [9.17, 15) is 4.79 Å². The molecule has 0 radical (unpaired) electrons. The van der Waals surface area contributed by atoms with Gasteiger partial charge in [-0.2, -0.15) is 0 Å². The lowest BCUT2D eigenvalue weighted by Gasteiger charge is -2.17. The predicted molar refractivity (Wildman–Crippen MR) is 136 cm³/mol. The Morgan fingerprint density at radius 1 is 0.743 bits per heavy atom. The van der Waals surface area contributed by atoms with Gasteiger partial charge in [-0.05, 0) is 73.5 Å². The highest BCUT2D eigenvalue weighted by Crippen LogP contribution is 2.38. The molecule has 8 heteroatoms. The number of rotatable bonds is 7. The molecule has 8 nitrogen and oxygen atoms in total. The number of benzene rings is 3. The van der Waals surface area contributed by atoms with Crippen molar-refractivity contribution in [3.8, 4) is 28.7 Å². The third-order valence-corrected chi connectivity index (χ3v) is 5.76. The summed E-state index contributed by atoms with van der Waals surface area (Å²) >= 11 is 0. The lowest BCUT2D eigenvalue weighted by atomic mass is 10.1. The molecular weight excluding hydrogens is 446 g/mol. The number of carbonyl (C=O) groups excluding carboxylic acids is 1. The summed E-state index contributed by atoms with van der Waals surface area (Å²) in [6, 6.07) is 15.9. The van der Waals surface area contributed by atoms with Crippen LogP contribution in [0.15, 0.2) is 60.8 Å². The number of hydrogen-bond donors (Lipinski definition) is 2. The highest BCUT2D eigenvalue weighted by Gasteiger charge is 2.14. The van der Waals surface area contributed by atoms with E-state index in [1.807, 2.05) is 38.1 Å². The standard InChI is InChI=1S/C27H27N3O5/c1-16-17(2)23(11-10-21(16)30-27(31)29-18-6-8-19(32-3)9-7-18)35-24-12-13-28-22-15-26(34-5)25(33-4)14-20(22)24/h6-15H,1-5H3,(H2,29,30,31). The molecule has 0 bridgehead atoms. The van der Waals surface area contributed by atoms with Crippen molar-refractivity contribution in [3.63, 3.8) is 0 Å². The van der Waals surface area contributed by atoms with E-state index < -0.39 is 0 Å². The predicted octanol–water partition coefficient (Wildman–Crippen LogP) is 6.31. The summed E-state index contributed by atoms with van der Waals surface area (Å²) in [5, 5.41) is 6.51. The van der Waals surface area contributed by atoms with E-state index in [0.717, 1.165) is 27.8 Å². The van der Waals surface area contributed by atoms with Crippen molar-refractivity contribution in [1.82, 2.24) is 4.98 Å². The van der Waals surface area contributed by atoms with Crippen molar-refractivity contribution >= 4 is 28.3 Å². The van der Waals surface area contributed by atoms with Crippen LogP contribution in [-0.2, 0) is 0 Å². The maximum Gasteiger partial charge on any atom is 0.323 e. The number of fused-ring (bicyclic) bond motifs is 1. The van der Waals surface area contributed by atoms with E-state index in [1.54, 1.807) is 57.9 Å². The molecule has 0 aliphatic carbocycles. The monoisotopic (exact) mass is 473 g/mol. The van der Waals surface area contributed by atoms with Gasteiger partial charge in [0.25, 0.3) is 0 Å². The van der Waals surface area contributed by atoms with Crippen LogP contribution in [-0.4, -0.2) is 32.3 Å². The molecule has 2 amide bonds. The number of nitrogens with one attached hydrogen (secondary N) is 2. The third kappa shape index (κ3) is 5.06. The first-order valence-corrected chi connectivity index (χ1v) is 10.9. The topological polar surface area (TPSA) is 90.9 Å². The van der Waals surface area contributed by atoms with Crippen LogP contribution in [0.4, 0.5) is 16.2 Å². The molecule has 3 aromatic carbocycles. The van der Waals surface area contributed by atoms with Crippen LogP contribution in [0.3, 0.4) is 0 Å². The van der Waals surface area contributed by atoms with Crippen LogP contribution in [0.5, 0.6) is 28.7 Å². The SMILES string of the molecule is COc1ccc(NC(=O)Nc2ccc(Oc3ccnc4cc(OC)c(OC)cc34)c(C)c2C)cc1. The average Bonchev–Trinajstić information content (AvgIpc) is 2.88. The van der Waals surface area contributed by atoms with Gasteiger partial charge in [0.1, 0.15) is 17.2 Å². The first-order chi connectivity index (χ1) is 16.9. The minimum Gasteiger partial charge on any atom is -0.497 e. The molecule has 0 unspecified atom stereocenters. The number of amides is 2. The van der Waals surface area contributed by atoms with Gasteiger partial charge in [-0.3, -0.25) is 4.98 Å². The Morgan fingerprint density at radius 2 is 1.46 bits per heavy atom. The van der Waals surface area contributed by atoms with E-state index in [2.05, 4.69) is 15.6 Å². The average molecular weight is 474 g/mol. The fraction of sp³-hybridized carbons (Fsp3) is 0.185.